The van der Waals surface area contributed by atoms with Gasteiger partial charge in [-0.1, -0.05) is 128 Å². The Morgan fingerprint density at radius 2 is 0.854 bits per heavy atom. The number of rotatable bonds is 12. The van der Waals surface area contributed by atoms with Crippen molar-refractivity contribution in [3.05, 3.63) is 103 Å². The molecule has 3 aliphatic rings. The number of aromatic nitrogens is 3. The third kappa shape index (κ3) is 17.0. The second kappa shape index (κ2) is 29.4. The van der Waals surface area contributed by atoms with E-state index in [9.17, 15) is 28.8 Å². The molecule has 6 aromatic rings. The van der Waals surface area contributed by atoms with Gasteiger partial charge in [0.15, 0.2) is 0 Å². The van der Waals surface area contributed by atoms with E-state index < -0.39 is 42.4 Å². The lowest BCUT2D eigenvalue weighted by atomic mass is 10.0. The number of methoxy groups -OCH3 is 3. The Kier molecular flexibility index (Phi) is 23.3. The van der Waals surface area contributed by atoms with Gasteiger partial charge in [-0.05, 0) is 132 Å². The third-order valence-electron chi connectivity index (χ3n) is 15.0. The van der Waals surface area contributed by atoms with Crippen molar-refractivity contribution in [2.75, 3.05) is 41.0 Å². The van der Waals surface area contributed by atoms with Crippen molar-refractivity contribution in [3.63, 3.8) is 0 Å². The molecule has 82 heavy (non-hydrogen) atoms. The third-order valence-corrected chi connectivity index (χ3v) is 16.5. The van der Waals surface area contributed by atoms with Crippen LogP contribution in [-0.2, 0) is 28.6 Å². The fraction of sp³-hybridized carbons (Fsp3) is 0.500. The lowest BCUT2D eigenvalue weighted by Gasteiger charge is -2.30. The van der Waals surface area contributed by atoms with E-state index in [1.807, 2.05) is 61.8 Å². The van der Waals surface area contributed by atoms with E-state index >= 15 is 0 Å². The normalized spacial score (nSPS) is 20.5. The predicted molar refractivity (Wildman–Crippen MR) is 329 cm³/mol. The summed E-state index contributed by atoms with van der Waals surface area (Å²) in [4.78, 5) is 85.3. The molecule has 6 heterocycles. The molecule has 0 spiro atoms. The molecular formula is C60H80Br3N9O10. The van der Waals surface area contributed by atoms with Crippen molar-refractivity contribution in [1.82, 2.24) is 46.0 Å². The van der Waals surface area contributed by atoms with Crippen molar-refractivity contribution in [3.8, 4) is 0 Å². The van der Waals surface area contributed by atoms with Crippen LogP contribution in [0.3, 0.4) is 0 Å². The first-order valence-corrected chi connectivity index (χ1v) is 30.1. The maximum Gasteiger partial charge on any atom is 0.407 e. The van der Waals surface area contributed by atoms with Gasteiger partial charge in [0.05, 0.1) is 33.4 Å². The average Bonchev–Trinajstić information content (AvgIpc) is 4.52. The molecule has 0 bridgehead atoms. The Balaban J connectivity index is 0.000000184. The summed E-state index contributed by atoms with van der Waals surface area (Å²) in [7, 11) is 3.80. The van der Waals surface area contributed by atoms with Crippen LogP contribution in [0.15, 0.2) is 86.2 Å². The van der Waals surface area contributed by atoms with E-state index in [0.717, 1.165) is 71.9 Å². The van der Waals surface area contributed by atoms with Gasteiger partial charge in [0.1, 0.15) is 18.1 Å². The summed E-state index contributed by atoms with van der Waals surface area (Å²) in [6.07, 6.45) is 1.12. The molecule has 9 rings (SSSR count). The number of alkyl carbamates (subject to hydrolysis) is 3. The molecule has 0 radical (unpaired) electrons. The first-order valence-electron chi connectivity index (χ1n) is 27.8. The Morgan fingerprint density at radius 1 is 0.512 bits per heavy atom. The molecule has 0 saturated carbocycles. The summed E-state index contributed by atoms with van der Waals surface area (Å²) in [5.41, 5.74) is 6.67. The number of carbonyl (C=O) groups is 6. The van der Waals surface area contributed by atoms with Crippen LogP contribution < -0.4 is 21.3 Å². The highest BCUT2D eigenvalue weighted by atomic mass is 79.9. The minimum Gasteiger partial charge on any atom is -0.480 e. The number of hydrogen-bond acceptors (Lipinski definition) is 10. The molecule has 19 nitrogen and oxygen atoms in total. The van der Waals surface area contributed by atoms with E-state index in [4.69, 9.17) is 14.6 Å². The van der Waals surface area contributed by atoms with Gasteiger partial charge in [-0.25, -0.2) is 19.2 Å². The number of carboxylic acid groups (broad SMARTS) is 1. The summed E-state index contributed by atoms with van der Waals surface area (Å²) in [6.45, 7) is 20.2. The lowest BCUT2D eigenvalue weighted by molar-refractivity contribution is -0.140. The first-order chi connectivity index (χ1) is 38.8. The summed E-state index contributed by atoms with van der Waals surface area (Å²) in [5, 5.41) is 23.3. The number of halogens is 3. The molecule has 1 unspecified atom stereocenters. The fourth-order valence-corrected chi connectivity index (χ4v) is 11.8. The second-order valence-electron chi connectivity index (χ2n) is 22.8. The molecule has 3 aromatic heterocycles. The van der Waals surface area contributed by atoms with E-state index in [1.165, 1.54) is 44.3 Å². The molecule has 3 saturated heterocycles. The number of carbonyl (C=O) groups excluding carboxylic acids is 5. The van der Waals surface area contributed by atoms with Gasteiger partial charge >= 0.3 is 24.2 Å². The summed E-state index contributed by atoms with van der Waals surface area (Å²) in [5.74, 6) is 0.138. The fourth-order valence-electron chi connectivity index (χ4n) is 10.7. The number of amides is 5. The number of nitrogens with one attached hydrogen (secondary N) is 7. The lowest BCUT2D eigenvalue weighted by Crippen LogP contribution is -2.51. The molecule has 3 aliphatic heterocycles. The molecule has 8 N–H and O–H groups in total. The smallest absolute Gasteiger partial charge is 0.407 e. The van der Waals surface area contributed by atoms with Gasteiger partial charge in [-0.15, -0.1) is 0 Å². The van der Waals surface area contributed by atoms with Crippen molar-refractivity contribution < 1.29 is 48.1 Å². The highest BCUT2D eigenvalue weighted by Gasteiger charge is 2.41. The zero-order valence-corrected chi connectivity index (χ0v) is 53.5. The predicted octanol–water partition coefficient (Wildman–Crippen LogP) is 12.5. The van der Waals surface area contributed by atoms with Crippen LogP contribution >= 0.6 is 47.8 Å². The molecular weight excluding hydrogens is 1250 g/mol. The van der Waals surface area contributed by atoms with E-state index in [2.05, 4.69) is 158 Å². The maximum atomic E-state index is 13.3. The molecule has 5 amide bonds. The Hall–Kier alpha value is -6.10. The number of carboxylic acids is 1. The second-order valence-corrected chi connectivity index (χ2v) is 25.5. The highest BCUT2D eigenvalue weighted by molar-refractivity contribution is 9.11. The SMILES string of the molecule is COC(=O)N[C@H](C(=O)N1C[C@@H](C)C[C@@H]1c1cc2ccc(Br)cc2[nH]1)C(C)C.COC(=O)N[C@H](C(=O)N1C[C@@H](C)C[C@H]1c1cc2ccc(Br)cc2[nH]1)C(C)C.COC(=O)N[C@H](C(=O)O)C(C)C.C[C@@H]1CNC(c2cc3ccc(Br)cc3[nH]2)C1. The summed E-state index contributed by atoms with van der Waals surface area (Å²) < 4.78 is 16.8. The van der Waals surface area contributed by atoms with Crippen LogP contribution in [0.1, 0.15) is 117 Å². The quantitative estimate of drug-likeness (QED) is 0.0535. The Morgan fingerprint density at radius 3 is 1.17 bits per heavy atom. The van der Waals surface area contributed by atoms with Gasteiger partial charge in [0.2, 0.25) is 11.8 Å². The number of hydrogen-bond donors (Lipinski definition) is 8. The summed E-state index contributed by atoms with van der Waals surface area (Å²) >= 11 is 10.5. The topological polar surface area (TPSA) is 252 Å². The van der Waals surface area contributed by atoms with E-state index in [0.29, 0.717) is 31.0 Å². The van der Waals surface area contributed by atoms with Gasteiger partial charge in [0.25, 0.3) is 0 Å². The van der Waals surface area contributed by atoms with Crippen LogP contribution in [0.5, 0.6) is 0 Å². The van der Waals surface area contributed by atoms with Crippen molar-refractivity contribution in [1.29, 1.82) is 0 Å². The van der Waals surface area contributed by atoms with Crippen LogP contribution in [0.25, 0.3) is 32.7 Å². The molecule has 446 valence electrons. The van der Waals surface area contributed by atoms with Crippen LogP contribution in [0.2, 0.25) is 0 Å². The summed E-state index contributed by atoms with van der Waals surface area (Å²) in [6, 6.07) is 23.4. The van der Waals surface area contributed by atoms with Gasteiger partial charge in [0, 0.05) is 66.2 Å². The molecule has 22 heteroatoms. The molecule has 3 fully saturated rings. The van der Waals surface area contributed by atoms with Crippen LogP contribution in [-0.4, -0.2) is 125 Å². The number of likely N-dealkylation sites (tertiary alicyclic amines) is 2. The number of nitrogens with zero attached hydrogens (tertiary/aromatic N) is 2. The number of H-pyrrole nitrogens is 3. The molecule has 0 aliphatic carbocycles. The van der Waals surface area contributed by atoms with Gasteiger partial charge in [-0.3, -0.25) is 9.59 Å². The minimum atomic E-state index is -1.06. The van der Waals surface area contributed by atoms with Crippen molar-refractivity contribution >= 4 is 117 Å². The first kappa shape index (κ1) is 65.1. The maximum absolute atomic E-state index is 13.3. The number of aliphatic carboxylic acids is 1. The number of fused-ring (bicyclic) bond motifs is 3. The Bertz CT molecular complexity index is 3040. The largest absolute Gasteiger partial charge is 0.480 e. The van der Waals surface area contributed by atoms with Crippen molar-refractivity contribution in [2.45, 2.75) is 118 Å². The van der Waals surface area contributed by atoms with Gasteiger partial charge in [-0.2, -0.15) is 0 Å². The number of aromatic amines is 3. The molecule has 3 aromatic carbocycles. The van der Waals surface area contributed by atoms with E-state index in [-0.39, 0.29) is 41.7 Å². The van der Waals surface area contributed by atoms with E-state index in [1.54, 1.807) is 13.8 Å². The monoisotopic (exact) mass is 1320 g/mol. The van der Waals surface area contributed by atoms with Crippen LogP contribution in [0.4, 0.5) is 14.4 Å². The average molecular weight is 1330 g/mol. The zero-order valence-electron chi connectivity index (χ0n) is 48.7. The highest BCUT2D eigenvalue weighted by Crippen LogP contribution is 2.39. The number of ether oxygens (including phenoxy) is 3. The zero-order chi connectivity index (χ0) is 60.3. The van der Waals surface area contributed by atoms with Gasteiger partial charge < -0.3 is 65.3 Å². The Labute approximate surface area is 505 Å². The van der Waals surface area contributed by atoms with Crippen molar-refractivity contribution in [2.24, 2.45) is 35.5 Å². The molecule has 9 atom stereocenters. The van der Waals surface area contributed by atoms with Crippen LogP contribution in [0, 0.1) is 35.5 Å². The number of benzene rings is 3. The standard InChI is InChI=1S/2C20H26BrN3O3.C13H15BrN2.C7H13NO4/c2*1-11(2)18(23-20(26)27-4)19(25)24-10-12(3)7-17(24)16-8-13-5-6-14(21)9-15(13)22-16;1-8-4-12(15-7-8)13-5-9-2-3-10(14)6-11(9)16-13;1-4(2)5(6(9)10)8-7(11)12-3/h2*5-6,8-9,11-12,17-18,22H,7,10H2,1-4H3,(H,23,26);2-3,5-6,8,12,15-16H,4,7H2,1H3;4-5H,1-3H3,(H,8,11)(H,9,10)/t12-,17+,18-;12-,17-,18-;8-,12?;5-/m0000/s1. The minimum absolute atomic E-state index is 0.0284.